The van der Waals surface area contributed by atoms with Gasteiger partial charge in [-0.15, -0.1) is 0 Å². The SMILES string of the molecule is CC(=O)N[C@@H](C[S-])C(=O)[O-].CCC[CH2][Sn+2][CH2]CCC. The number of carboxylic acids is 1. The summed E-state index contributed by atoms with van der Waals surface area (Å²) in [5, 5.41) is 12.2. The summed E-state index contributed by atoms with van der Waals surface area (Å²) in [5.41, 5.74) is 0. The first-order chi connectivity index (χ1) is 8.99. The summed E-state index contributed by atoms with van der Waals surface area (Å²) in [4.78, 5) is 20.3. The van der Waals surface area contributed by atoms with Gasteiger partial charge in [0.05, 0.1) is 5.97 Å². The Balaban J connectivity index is 0. The van der Waals surface area contributed by atoms with Gasteiger partial charge in [0, 0.05) is 13.0 Å². The monoisotopic (exact) mass is 395 g/mol. The number of carbonyl (C=O) groups excluding carboxylic acids is 2. The second-order valence-corrected chi connectivity index (χ2v) is 8.81. The Morgan fingerprint density at radius 2 is 1.68 bits per heavy atom. The van der Waals surface area contributed by atoms with Gasteiger partial charge in [0.15, 0.2) is 0 Å². The zero-order valence-corrected chi connectivity index (χ0v) is 15.8. The minimum atomic E-state index is -1.34. The van der Waals surface area contributed by atoms with Crippen molar-refractivity contribution in [3.8, 4) is 0 Å². The van der Waals surface area contributed by atoms with Crippen LogP contribution in [-0.2, 0) is 22.2 Å². The molecule has 1 amide bonds. The molecule has 0 radical (unpaired) electrons. The first-order valence-corrected chi connectivity index (χ1v) is 11.4. The number of hydrogen-bond acceptors (Lipinski definition) is 4. The van der Waals surface area contributed by atoms with Gasteiger partial charge in [-0.3, -0.25) is 4.79 Å². The fourth-order valence-corrected chi connectivity index (χ4v) is 5.52. The molecule has 0 bridgehead atoms. The number of unbranched alkanes of at least 4 members (excludes halogenated alkanes) is 2. The molecule has 6 heteroatoms. The number of aliphatic carboxylic acids is 1. The standard InChI is InChI=1S/C5H9NO3S.2C4H9.Sn/c1-3(7)6-4(2-10)5(8)9;2*1-3-4-2;/h4,10H,2H2,1H3,(H,6,7)(H,8,9);2*1,3-4H2,2H3;/q;;;+2/p-2/t4-;;;/m0.../s1. The summed E-state index contributed by atoms with van der Waals surface area (Å²) in [6.45, 7) is 5.80. The number of rotatable bonds is 9. The maximum absolute atomic E-state index is 10.3. The quantitative estimate of drug-likeness (QED) is 0.359. The van der Waals surface area contributed by atoms with Gasteiger partial charge >= 0.3 is 69.5 Å². The number of amides is 1. The van der Waals surface area contributed by atoms with Gasteiger partial charge in [0.2, 0.25) is 5.91 Å². The molecule has 0 spiro atoms. The molecule has 0 unspecified atom stereocenters. The van der Waals surface area contributed by atoms with Crippen molar-refractivity contribution >= 4 is 45.6 Å². The number of carbonyl (C=O) groups is 2. The first-order valence-electron chi connectivity index (χ1n) is 6.76. The first kappa shape index (κ1) is 21.4. The van der Waals surface area contributed by atoms with Crippen molar-refractivity contribution in [1.29, 1.82) is 0 Å². The average molecular weight is 394 g/mol. The number of hydrogen-bond donors (Lipinski definition) is 1. The molecule has 0 heterocycles. The molecular formula is C13H25NO3SSn. The normalized spacial score (nSPS) is 10.7. The molecule has 1 atom stereocenters. The van der Waals surface area contributed by atoms with E-state index in [2.05, 4.69) is 31.8 Å². The maximum atomic E-state index is 10.3. The van der Waals surface area contributed by atoms with Gasteiger partial charge < -0.3 is 27.8 Å². The molecular weight excluding hydrogens is 369 g/mol. The van der Waals surface area contributed by atoms with E-state index < -0.39 is 17.9 Å². The van der Waals surface area contributed by atoms with E-state index in [9.17, 15) is 14.7 Å². The van der Waals surface area contributed by atoms with Crippen LogP contribution in [0.3, 0.4) is 0 Å². The summed E-state index contributed by atoms with van der Waals surface area (Å²) in [7, 11) is 0. The van der Waals surface area contributed by atoms with Crippen molar-refractivity contribution in [2.45, 2.75) is 61.4 Å². The van der Waals surface area contributed by atoms with Crippen LogP contribution < -0.4 is 10.4 Å². The predicted octanol–water partition coefficient (Wildman–Crippen LogP) is 0.915. The molecule has 1 N–H and O–H groups in total. The van der Waals surface area contributed by atoms with Crippen LogP contribution in [0.2, 0.25) is 8.87 Å². The molecule has 0 aliphatic carbocycles. The van der Waals surface area contributed by atoms with Crippen LogP contribution in [0.25, 0.3) is 0 Å². The van der Waals surface area contributed by atoms with Crippen molar-refractivity contribution in [2.24, 2.45) is 0 Å². The summed E-state index contributed by atoms with van der Waals surface area (Å²) in [6.07, 6.45) is 5.84. The average Bonchev–Trinajstić information content (AvgIpc) is 2.36. The van der Waals surface area contributed by atoms with E-state index in [1.54, 1.807) is 8.87 Å². The summed E-state index contributed by atoms with van der Waals surface area (Å²) in [6, 6.07) is -1.03. The van der Waals surface area contributed by atoms with Crippen molar-refractivity contribution in [3.63, 3.8) is 0 Å². The molecule has 0 rings (SSSR count). The summed E-state index contributed by atoms with van der Waals surface area (Å²) in [5.74, 6) is -1.83. The fourth-order valence-electron chi connectivity index (χ4n) is 1.14. The van der Waals surface area contributed by atoms with Crippen LogP contribution in [0.1, 0.15) is 46.5 Å². The van der Waals surface area contributed by atoms with Crippen LogP contribution >= 0.6 is 0 Å². The third kappa shape index (κ3) is 18.1. The van der Waals surface area contributed by atoms with E-state index in [1.807, 2.05) is 0 Å². The van der Waals surface area contributed by atoms with Crippen molar-refractivity contribution in [2.75, 3.05) is 5.75 Å². The van der Waals surface area contributed by atoms with E-state index in [4.69, 9.17) is 0 Å². The third-order valence-electron chi connectivity index (χ3n) is 2.24. The third-order valence-corrected chi connectivity index (χ3v) is 6.61. The Hall–Kier alpha value is 0.0887. The van der Waals surface area contributed by atoms with Gasteiger partial charge in [-0.2, -0.15) is 5.75 Å². The van der Waals surface area contributed by atoms with E-state index in [1.165, 1.54) is 32.6 Å². The summed E-state index contributed by atoms with van der Waals surface area (Å²) < 4.78 is 3.25. The van der Waals surface area contributed by atoms with Crippen LogP contribution in [0.4, 0.5) is 0 Å². The van der Waals surface area contributed by atoms with Crippen molar-refractivity contribution in [1.82, 2.24) is 5.32 Å². The Morgan fingerprint density at radius 1 is 1.21 bits per heavy atom. The minimum absolute atomic E-state index is 0.0675. The molecule has 0 aromatic rings. The van der Waals surface area contributed by atoms with Crippen LogP contribution in [-0.4, -0.2) is 44.8 Å². The number of carboxylic acid groups (broad SMARTS) is 1. The molecule has 0 aliphatic rings. The molecule has 110 valence electrons. The predicted molar refractivity (Wildman–Crippen MR) is 80.0 cm³/mol. The Bertz CT molecular complexity index is 234. The number of nitrogens with one attached hydrogen (secondary N) is 1. The van der Waals surface area contributed by atoms with Crippen LogP contribution in [0.5, 0.6) is 0 Å². The Kier molecular flexibility index (Phi) is 18.2. The van der Waals surface area contributed by atoms with Gasteiger partial charge in [0.1, 0.15) is 0 Å². The Morgan fingerprint density at radius 3 is 1.89 bits per heavy atom. The van der Waals surface area contributed by atoms with E-state index in [0.717, 1.165) is 0 Å². The van der Waals surface area contributed by atoms with Crippen LogP contribution in [0, 0.1) is 0 Å². The zero-order valence-electron chi connectivity index (χ0n) is 12.2. The van der Waals surface area contributed by atoms with Gasteiger partial charge in [-0.05, 0) is 0 Å². The zero-order chi connectivity index (χ0) is 15.1. The molecule has 19 heavy (non-hydrogen) atoms. The van der Waals surface area contributed by atoms with Crippen LogP contribution in [0.15, 0.2) is 0 Å². The van der Waals surface area contributed by atoms with Crippen molar-refractivity contribution in [3.05, 3.63) is 0 Å². The Labute approximate surface area is 132 Å². The fraction of sp³-hybridized carbons (Fsp3) is 0.846. The van der Waals surface area contributed by atoms with Gasteiger partial charge in [0.25, 0.3) is 0 Å². The second kappa shape index (κ2) is 16.1. The van der Waals surface area contributed by atoms with Gasteiger partial charge in [-0.1, -0.05) is 0 Å². The second-order valence-electron chi connectivity index (χ2n) is 4.20. The topological polar surface area (TPSA) is 69.2 Å². The molecule has 0 aromatic heterocycles. The van der Waals surface area contributed by atoms with E-state index in [-0.39, 0.29) is 26.9 Å². The molecule has 0 fully saturated rings. The summed E-state index contributed by atoms with van der Waals surface area (Å²) >= 11 is 4.58. The van der Waals surface area contributed by atoms with E-state index in [0.29, 0.717) is 0 Å². The molecule has 4 nitrogen and oxygen atoms in total. The molecule has 0 saturated carbocycles. The molecule has 0 aromatic carbocycles. The molecule has 0 saturated heterocycles. The van der Waals surface area contributed by atoms with Crippen molar-refractivity contribution < 1.29 is 14.7 Å². The van der Waals surface area contributed by atoms with E-state index >= 15 is 0 Å². The molecule has 0 aliphatic heterocycles. The van der Waals surface area contributed by atoms with Gasteiger partial charge in [-0.25, -0.2) is 0 Å².